The maximum absolute atomic E-state index is 13.5. The fraction of sp³-hybridized carbons (Fsp3) is 0.292. The lowest BCUT2D eigenvalue weighted by Gasteiger charge is -2.32. The van der Waals surface area contributed by atoms with Gasteiger partial charge in [0.2, 0.25) is 0 Å². The maximum atomic E-state index is 13.5. The molecule has 0 aliphatic carbocycles. The highest BCUT2D eigenvalue weighted by Crippen LogP contribution is 2.23. The molecule has 0 spiro atoms. The minimum absolute atomic E-state index is 0.117. The molecule has 0 N–H and O–H groups in total. The molecule has 1 amide bonds. The summed E-state index contributed by atoms with van der Waals surface area (Å²) < 4.78 is 0. The van der Waals surface area contributed by atoms with E-state index in [9.17, 15) is 4.79 Å². The van der Waals surface area contributed by atoms with Crippen LogP contribution in [0.3, 0.4) is 0 Å². The van der Waals surface area contributed by atoms with Crippen LogP contribution in [0, 0.1) is 5.92 Å². The fourth-order valence-electron chi connectivity index (χ4n) is 3.83. The van der Waals surface area contributed by atoms with Crippen LogP contribution >= 0.6 is 0 Å². The monoisotopic (exact) mass is 386 g/mol. The Morgan fingerprint density at radius 2 is 1.79 bits per heavy atom. The molecule has 2 heterocycles. The van der Waals surface area contributed by atoms with E-state index in [1.54, 1.807) is 4.90 Å². The van der Waals surface area contributed by atoms with E-state index in [2.05, 4.69) is 21.8 Å². The third-order valence-electron chi connectivity index (χ3n) is 5.35. The Morgan fingerprint density at radius 3 is 2.52 bits per heavy atom. The summed E-state index contributed by atoms with van der Waals surface area (Å²) in [5.41, 5.74) is 2.35. The summed E-state index contributed by atoms with van der Waals surface area (Å²) in [6.07, 6.45) is 3.90. The van der Waals surface area contributed by atoms with Crippen molar-refractivity contribution in [3.8, 4) is 0 Å². The van der Waals surface area contributed by atoms with Crippen LogP contribution in [0.5, 0.6) is 0 Å². The normalized spacial score (nSPS) is 16.4. The van der Waals surface area contributed by atoms with Crippen molar-refractivity contribution in [2.75, 3.05) is 22.9 Å². The first-order chi connectivity index (χ1) is 14.2. The number of para-hydroxylation sites is 1. The number of carbonyl (C=O) groups is 1. The van der Waals surface area contributed by atoms with Gasteiger partial charge in [-0.25, -0.2) is 9.97 Å². The number of anilines is 2. The molecule has 4 rings (SSSR count). The zero-order chi connectivity index (χ0) is 20.1. The Bertz CT molecular complexity index is 945. The minimum Gasteiger partial charge on any atom is -0.356 e. The molecule has 1 aliphatic heterocycles. The molecule has 5 heteroatoms. The van der Waals surface area contributed by atoms with Crippen molar-refractivity contribution in [1.29, 1.82) is 0 Å². The number of amides is 1. The molecule has 5 nitrogen and oxygen atoms in total. The van der Waals surface area contributed by atoms with Crippen LogP contribution in [-0.2, 0) is 6.54 Å². The maximum Gasteiger partial charge on any atom is 0.277 e. The Labute approximate surface area is 172 Å². The van der Waals surface area contributed by atoms with Gasteiger partial charge in [-0.05, 0) is 36.5 Å². The van der Waals surface area contributed by atoms with Crippen LogP contribution in [0.25, 0.3) is 0 Å². The number of hydrogen-bond donors (Lipinski definition) is 0. The zero-order valence-electron chi connectivity index (χ0n) is 16.7. The van der Waals surface area contributed by atoms with Gasteiger partial charge in [-0.3, -0.25) is 4.79 Å². The fourth-order valence-corrected chi connectivity index (χ4v) is 3.83. The number of aromatic nitrogens is 2. The summed E-state index contributed by atoms with van der Waals surface area (Å²) in [6.45, 7) is 4.69. The number of rotatable bonds is 5. The van der Waals surface area contributed by atoms with Gasteiger partial charge in [-0.1, -0.05) is 55.5 Å². The van der Waals surface area contributed by atoms with E-state index >= 15 is 0 Å². The molecule has 3 aromatic rings. The number of nitrogens with zero attached hydrogens (tertiary/aromatic N) is 4. The predicted octanol–water partition coefficient (Wildman–Crippen LogP) is 4.56. The van der Waals surface area contributed by atoms with Gasteiger partial charge >= 0.3 is 0 Å². The van der Waals surface area contributed by atoms with E-state index in [0.29, 0.717) is 18.2 Å². The predicted molar refractivity (Wildman–Crippen MR) is 116 cm³/mol. The first-order valence-electron chi connectivity index (χ1n) is 10.2. The minimum atomic E-state index is -0.117. The molecule has 0 radical (unpaired) electrons. The molecule has 1 fully saturated rings. The SMILES string of the molecule is CC1CCCN(c2cc(C(=O)N(Cc3ccccc3)c3ccccc3)ncn2)C1. The highest BCUT2D eigenvalue weighted by atomic mass is 16.2. The number of carbonyl (C=O) groups excluding carboxylic acids is 1. The summed E-state index contributed by atoms with van der Waals surface area (Å²) in [6, 6.07) is 21.6. The number of benzene rings is 2. The lowest BCUT2D eigenvalue weighted by molar-refractivity contribution is 0.0980. The Kier molecular flexibility index (Phi) is 5.84. The summed E-state index contributed by atoms with van der Waals surface area (Å²) in [4.78, 5) is 26.3. The van der Waals surface area contributed by atoms with Crippen molar-refractivity contribution in [3.63, 3.8) is 0 Å². The molecule has 1 aliphatic rings. The largest absolute Gasteiger partial charge is 0.356 e. The van der Waals surface area contributed by atoms with Crippen molar-refractivity contribution >= 4 is 17.4 Å². The average molecular weight is 386 g/mol. The van der Waals surface area contributed by atoms with Crippen molar-refractivity contribution in [1.82, 2.24) is 9.97 Å². The standard InChI is InChI=1S/C24H26N4O/c1-19-9-8-14-27(16-19)23-15-22(25-18-26-23)24(29)28(21-12-6-3-7-13-21)17-20-10-4-2-5-11-20/h2-7,10-13,15,18-19H,8-9,14,16-17H2,1H3. The van der Waals surface area contributed by atoms with Crippen LogP contribution < -0.4 is 9.80 Å². The summed E-state index contributed by atoms with van der Waals surface area (Å²) in [5.74, 6) is 1.35. The Morgan fingerprint density at radius 1 is 1.07 bits per heavy atom. The van der Waals surface area contributed by atoms with E-state index in [0.717, 1.165) is 36.6 Å². The first kappa shape index (κ1) is 19.1. The molecule has 1 aromatic heterocycles. The average Bonchev–Trinajstić information content (AvgIpc) is 2.78. The first-order valence-corrected chi connectivity index (χ1v) is 10.2. The van der Waals surface area contributed by atoms with Gasteiger partial charge in [0.05, 0.1) is 6.54 Å². The van der Waals surface area contributed by atoms with E-state index in [1.165, 1.54) is 12.7 Å². The Hall–Kier alpha value is -3.21. The van der Waals surface area contributed by atoms with Gasteiger partial charge in [-0.15, -0.1) is 0 Å². The van der Waals surface area contributed by atoms with Gasteiger partial charge in [0.25, 0.3) is 5.91 Å². The molecule has 2 aromatic carbocycles. The van der Waals surface area contributed by atoms with Gasteiger partial charge in [0.1, 0.15) is 17.8 Å². The van der Waals surface area contributed by atoms with Crippen LogP contribution in [0.15, 0.2) is 73.1 Å². The second kappa shape index (κ2) is 8.86. The van der Waals surface area contributed by atoms with Gasteiger partial charge < -0.3 is 9.80 Å². The smallest absolute Gasteiger partial charge is 0.277 e. The quantitative estimate of drug-likeness (QED) is 0.645. The lowest BCUT2D eigenvalue weighted by atomic mass is 10.0. The molecule has 1 saturated heterocycles. The second-order valence-corrected chi connectivity index (χ2v) is 7.67. The third-order valence-corrected chi connectivity index (χ3v) is 5.35. The van der Waals surface area contributed by atoms with Gasteiger partial charge in [0, 0.05) is 24.8 Å². The summed E-state index contributed by atoms with van der Waals surface area (Å²) in [7, 11) is 0. The topological polar surface area (TPSA) is 49.3 Å². The zero-order valence-corrected chi connectivity index (χ0v) is 16.7. The van der Waals surface area contributed by atoms with Crippen molar-refractivity contribution in [2.45, 2.75) is 26.3 Å². The van der Waals surface area contributed by atoms with Crippen molar-refractivity contribution < 1.29 is 4.79 Å². The van der Waals surface area contributed by atoms with Gasteiger partial charge in [0.15, 0.2) is 0 Å². The van der Waals surface area contributed by atoms with E-state index < -0.39 is 0 Å². The van der Waals surface area contributed by atoms with Crippen LogP contribution in [0.2, 0.25) is 0 Å². The molecule has 0 saturated carbocycles. The van der Waals surface area contributed by atoms with Crippen LogP contribution in [-0.4, -0.2) is 29.0 Å². The van der Waals surface area contributed by atoms with E-state index in [-0.39, 0.29) is 5.91 Å². The van der Waals surface area contributed by atoms with E-state index in [4.69, 9.17) is 0 Å². The Balaban J connectivity index is 1.63. The lowest BCUT2D eigenvalue weighted by Crippen LogP contribution is -2.35. The highest BCUT2D eigenvalue weighted by molar-refractivity contribution is 6.05. The van der Waals surface area contributed by atoms with Gasteiger partial charge in [-0.2, -0.15) is 0 Å². The third kappa shape index (κ3) is 4.62. The number of hydrogen-bond acceptors (Lipinski definition) is 4. The molecule has 1 atom stereocenters. The summed E-state index contributed by atoms with van der Waals surface area (Å²) in [5, 5.41) is 0. The highest BCUT2D eigenvalue weighted by Gasteiger charge is 2.22. The van der Waals surface area contributed by atoms with Crippen LogP contribution in [0.4, 0.5) is 11.5 Å². The van der Waals surface area contributed by atoms with Crippen molar-refractivity contribution in [3.05, 3.63) is 84.3 Å². The molecule has 0 bridgehead atoms. The van der Waals surface area contributed by atoms with Crippen molar-refractivity contribution in [2.24, 2.45) is 5.92 Å². The molecule has 29 heavy (non-hydrogen) atoms. The van der Waals surface area contributed by atoms with E-state index in [1.807, 2.05) is 66.7 Å². The molecule has 148 valence electrons. The molecular weight excluding hydrogens is 360 g/mol. The second-order valence-electron chi connectivity index (χ2n) is 7.67. The summed E-state index contributed by atoms with van der Waals surface area (Å²) >= 11 is 0. The molecular formula is C24H26N4O. The molecule has 1 unspecified atom stereocenters. The van der Waals surface area contributed by atoms with Crippen LogP contribution in [0.1, 0.15) is 35.8 Å². The number of piperidine rings is 1.